The highest BCUT2D eigenvalue weighted by molar-refractivity contribution is 6.42. The summed E-state index contributed by atoms with van der Waals surface area (Å²) >= 11 is 12.1. The molecule has 0 radical (unpaired) electrons. The summed E-state index contributed by atoms with van der Waals surface area (Å²) in [6, 6.07) is 6.40. The van der Waals surface area contributed by atoms with Gasteiger partial charge in [0, 0.05) is 6.04 Å². The van der Waals surface area contributed by atoms with E-state index < -0.39 is 0 Å². The van der Waals surface area contributed by atoms with Crippen molar-refractivity contribution >= 4 is 23.2 Å². The van der Waals surface area contributed by atoms with Crippen molar-refractivity contribution in [2.75, 3.05) is 6.54 Å². The topological polar surface area (TPSA) is 12.0 Å². The van der Waals surface area contributed by atoms with Crippen molar-refractivity contribution in [1.82, 2.24) is 5.32 Å². The Hall–Kier alpha value is -0.240. The van der Waals surface area contributed by atoms with Crippen molar-refractivity contribution < 1.29 is 0 Å². The van der Waals surface area contributed by atoms with Gasteiger partial charge in [0.2, 0.25) is 0 Å². The second-order valence-electron chi connectivity index (χ2n) is 4.06. The molecule has 1 aromatic rings. The number of hydrogen-bond acceptors (Lipinski definition) is 1. The lowest BCUT2D eigenvalue weighted by Gasteiger charge is -2.12. The van der Waals surface area contributed by atoms with Gasteiger partial charge in [-0.25, -0.2) is 0 Å². The van der Waals surface area contributed by atoms with Crippen LogP contribution in [0.4, 0.5) is 0 Å². The Morgan fingerprint density at radius 1 is 1.31 bits per heavy atom. The number of hydrogen-bond donors (Lipinski definition) is 1. The Kier molecular flexibility index (Phi) is 6.18. The van der Waals surface area contributed by atoms with Gasteiger partial charge >= 0.3 is 0 Å². The summed E-state index contributed by atoms with van der Waals surface area (Å²) in [5.41, 5.74) is 1.15. The van der Waals surface area contributed by atoms with Crippen molar-refractivity contribution in [3.63, 3.8) is 0 Å². The molecule has 0 aliphatic heterocycles. The van der Waals surface area contributed by atoms with Crippen LogP contribution in [0.1, 0.15) is 32.3 Å². The van der Waals surface area contributed by atoms with E-state index in [-0.39, 0.29) is 0 Å². The maximum atomic E-state index is 6.12. The quantitative estimate of drug-likeness (QED) is 0.803. The summed E-state index contributed by atoms with van der Waals surface area (Å²) in [5, 5.41) is 4.76. The third kappa shape index (κ3) is 4.32. The molecule has 1 atom stereocenters. The third-order valence-electron chi connectivity index (χ3n) is 2.67. The Morgan fingerprint density at radius 2 is 2.06 bits per heavy atom. The number of halogens is 2. The average molecular weight is 260 g/mol. The number of rotatable bonds is 6. The van der Waals surface area contributed by atoms with Gasteiger partial charge in [-0.05, 0) is 44.4 Å². The van der Waals surface area contributed by atoms with Crippen LogP contribution in [0.5, 0.6) is 0 Å². The van der Waals surface area contributed by atoms with Crippen molar-refractivity contribution in [2.24, 2.45) is 0 Å². The van der Waals surface area contributed by atoms with Crippen molar-refractivity contribution in [3.8, 4) is 0 Å². The summed E-state index contributed by atoms with van der Waals surface area (Å²) in [7, 11) is 0. The van der Waals surface area contributed by atoms with Crippen molar-refractivity contribution in [2.45, 2.75) is 39.2 Å². The van der Waals surface area contributed by atoms with Gasteiger partial charge in [0.25, 0.3) is 0 Å². The van der Waals surface area contributed by atoms with Crippen LogP contribution < -0.4 is 5.32 Å². The van der Waals surface area contributed by atoms with Crippen LogP contribution in [-0.2, 0) is 6.42 Å². The van der Waals surface area contributed by atoms with E-state index in [0.717, 1.165) is 31.4 Å². The van der Waals surface area contributed by atoms with E-state index in [4.69, 9.17) is 23.2 Å². The maximum Gasteiger partial charge on any atom is 0.0624 e. The van der Waals surface area contributed by atoms with Crippen molar-refractivity contribution in [3.05, 3.63) is 33.8 Å². The first-order chi connectivity index (χ1) is 7.65. The van der Waals surface area contributed by atoms with Crippen LogP contribution in [0.25, 0.3) is 0 Å². The fourth-order valence-electron chi connectivity index (χ4n) is 1.79. The van der Waals surface area contributed by atoms with Gasteiger partial charge < -0.3 is 5.32 Å². The molecule has 0 amide bonds. The highest BCUT2D eigenvalue weighted by Crippen LogP contribution is 2.26. The summed E-state index contributed by atoms with van der Waals surface area (Å²) in [4.78, 5) is 0. The summed E-state index contributed by atoms with van der Waals surface area (Å²) in [6.45, 7) is 5.37. The van der Waals surface area contributed by atoms with Gasteiger partial charge in [-0.3, -0.25) is 0 Å². The lowest BCUT2D eigenvalue weighted by Crippen LogP contribution is -2.25. The van der Waals surface area contributed by atoms with E-state index in [0.29, 0.717) is 16.1 Å². The molecule has 0 saturated heterocycles. The normalized spacial score (nSPS) is 12.8. The fourth-order valence-corrected chi connectivity index (χ4v) is 2.21. The van der Waals surface area contributed by atoms with Crippen LogP contribution in [0.15, 0.2) is 18.2 Å². The predicted octanol–water partition coefficient (Wildman–Crippen LogP) is 4.31. The first kappa shape index (κ1) is 13.8. The molecule has 1 aromatic carbocycles. The van der Waals surface area contributed by atoms with Gasteiger partial charge in [0.05, 0.1) is 10.0 Å². The first-order valence-electron chi connectivity index (χ1n) is 5.81. The largest absolute Gasteiger partial charge is 0.315 e. The SMILES string of the molecule is CCNC(C)CCCc1cccc(Cl)c1Cl. The van der Waals surface area contributed by atoms with Gasteiger partial charge in [-0.2, -0.15) is 0 Å². The zero-order chi connectivity index (χ0) is 12.0. The van der Waals surface area contributed by atoms with E-state index >= 15 is 0 Å². The van der Waals surface area contributed by atoms with E-state index in [1.807, 2.05) is 18.2 Å². The molecule has 0 aliphatic carbocycles. The summed E-state index contributed by atoms with van der Waals surface area (Å²) in [6.07, 6.45) is 3.29. The monoisotopic (exact) mass is 259 g/mol. The summed E-state index contributed by atoms with van der Waals surface area (Å²) < 4.78 is 0. The highest BCUT2D eigenvalue weighted by Gasteiger charge is 2.05. The minimum absolute atomic E-state index is 0.572. The molecule has 0 heterocycles. The highest BCUT2D eigenvalue weighted by atomic mass is 35.5. The van der Waals surface area contributed by atoms with Gasteiger partial charge in [0.15, 0.2) is 0 Å². The molecule has 0 saturated carbocycles. The van der Waals surface area contributed by atoms with Crippen LogP contribution in [0.3, 0.4) is 0 Å². The Bertz CT molecular complexity index is 326. The molecule has 1 nitrogen and oxygen atoms in total. The van der Waals surface area contributed by atoms with Crippen LogP contribution in [-0.4, -0.2) is 12.6 Å². The lowest BCUT2D eigenvalue weighted by molar-refractivity contribution is 0.513. The molecule has 0 bridgehead atoms. The maximum absolute atomic E-state index is 6.12. The zero-order valence-corrected chi connectivity index (χ0v) is 11.4. The number of benzene rings is 1. The second kappa shape index (κ2) is 7.16. The molecule has 90 valence electrons. The van der Waals surface area contributed by atoms with E-state index in [2.05, 4.69) is 19.2 Å². The molecule has 1 unspecified atom stereocenters. The smallest absolute Gasteiger partial charge is 0.0624 e. The Morgan fingerprint density at radius 3 is 2.75 bits per heavy atom. The van der Waals surface area contributed by atoms with Gasteiger partial charge in [-0.1, -0.05) is 42.3 Å². The van der Waals surface area contributed by atoms with Gasteiger partial charge in [-0.15, -0.1) is 0 Å². The number of nitrogens with one attached hydrogen (secondary N) is 1. The Balaban J connectivity index is 2.40. The van der Waals surface area contributed by atoms with Crippen LogP contribution in [0.2, 0.25) is 10.0 Å². The Labute approximate surface area is 108 Å². The molecule has 0 aromatic heterocycles. The second-order valence-corrected chi connectivity index (χ2v) is 4.85. The first-order valence-corrected chi connectivity index (χ1v) is 6.57. The molecular weight excluding hydrogens is 241 g/mol. The standard InChI is InChI=1S/C13H19Cl2N/c1-3-16-10(2)6-4-7-11-8-5-9-12(14)13(11)15/h5,8-10,16H,3-4,6-7H2,1-2H3. The van der Waals surface area contributed by atoms with Crippen molar-refractivity contribution in [1.29, 1.82) is 0 Å². The van der Waals surface area contributed by atoms with E-state index in [9.17, 15) is 0 Å². The molecule has 0 aliphatic rings. The zero-order valence-electron chi connectivity index (χ0n) is 9.89. The molecule has 16 heavy (non-hydrogen) atoms. The molecule has 1 N–H and O–H groups in total. The molecule has 1 rings (SSSR count). The molecule has 0 spiro atoms. The average Bonchev–Trinajstić information content (AvgIpc) is 2.25. The van der Waals surface area contributed by atoms with Crippen LogP contribution in [0, 0.1) is 0 Å². The minimum Gasteiger partial charge on any atom is -0.315 e. The third-order valence-corrected chi connectivity index (χ3v) is 3.53. The molecule has 0 fully saturated rings. The van der Waals surface area contributed by atoms with Crippen LogP contribution >= 0.6 is 23.2 Å². The molecule has 3 heteroatoms. The summed E-state index contributed by atoms with van der Waals surface area (Å²) in [5.74, 6) is 0. The molecular formula is C13H19Cl2N. The predicted molar refractivity (Wildman–Crippen MR) is 72.5 cm³/mol. The number of aryl methyl sites for hydroxylation is 1. The van der Waals surface area contributed by atoms with Gasteiger partial charge in [0.1, 0.15) is 0 Å². The van der Waals surface area contributed by atoms with E-state index in [1.165, 1.54) is 0 Å². The fraction of sp³-hybridized carbons (Fsp3) is 0.538. The lowest BCUT2D eigenvalue weighted by atomic mass is 10.1. The van der Waals surface area contributed by atoms with E-state index in [1.54, 1.807) is 0 Å². The minimum atomic E-state index is 0.572.